The van der Waals surface area contributed by atoms with Crippen LogP contribution in [-0.2, 0) is 4.74 Å². The lowest BCUT2D eigenvalue weighted by Gasteiger charge is -2.28. The molecule has 0 aliphatic carbocycles. The SMILES string of the molecule is C/C(=N\Nc1cc(N2CCOCC2)nc(C)n1)c1ccc(C)cc1. The number of aryl methyl sites for hydroxylation is 2. The van der Waals surface area contributed by atoms with Gasteiger partial charge in [-0.2, -0.15) is 5.10 Å². The Morgan fingerprint density at radius 3 is 2.54 bits per heavy atom. The number of hydrogen-bond donors (Lipinski definition) is 1. The average Bonchev–Trinajstić information content (AvgIpc) is 2.60. The highest BCUT2D eigenvalue weighted by atomic mass is 16.5. The Morgan fingerprint density at radius 1 is 1.12 bits per heavy atom. The number of nitrogens with one attached hydrogen (secondary N) is 1. The van der Waals surface area contributed by atoms with Crippen LogP contribution in [0.4, 0.5) is 11.6 Å². The number of nitrogens with zero attached hydrogens (tertiary/aromatic N) is 4. The minimum absolute atomic E-state index is 0.704. The molecule has 0 unspecified atom stereocenters. The fraction of sp³-hybridized carbons (Fsp3) is 0.389. The van der Waals surface area contributed by atoms with Gasteiger partial charge in [-0.3, -0.25) is 5.43 Å². The Kier molecular flexibility index (Phi) is 5.05. The highest BCUT2D eigenvalue weighted by Crippen LogP contribution is 2.17. The van der Waals surface area contributed by atoms with E-state index in [0.717, 1.165) is 49.2 Å². The Bertz CT molecular complexity index is 721. The van der Waals surface area contributed by atoms with Crippen molar-refractivity contribution in [2.24, 2.45) is 5.10 Å². The molecule has 0 bridgehead atoms. The summed E-state index contributed by atoms with van der Waals surface area (Å²) in [5, 5.41) is 4.45. The molecule has 1 N–H and O–H groups in total. The van der Waals surface area contributed by atoms with Crippen molar-refractivity contribution >= 4 is 17.3 Å². The van der Waals surface area contributed by atoms with Crippen LogP contribution < -0.4 is 10.3 Å². The van der Waals surface area contributed by atoms with Crippen molar-refractivity contribution < 1.29 is 4.74 Å². The number of rotatable bonds is 4. The van der Waals surface area contributed by atoms with Crippen molar-refractivity contribution in [3.8, 4) is 0 Å². The van der Waals surface area contributed by atoms with E-state index in [4.69, 9.17) is 4.74 Å². The van der Waals surface area contributed by atoms with Crippen LogP contribution in [0.15, 0.2) is 35.4 Å². The summed E-state index contributed by atoms with van der Waals surface area (Å²) in [4.78, 5) is 11.2. The molecule has 1 aromatic heterocycles. The predicted octanol–water partition coefficient (Wildman–Crippen LogP) is 2.77. The van der Waals surface area contributed by atoms with Gasteiger partial charge in [0.15, 0.2) is 5.82 Å². The molecule has 3 rings (SSSR count). The summed E-state index contributed by atoms with van der Waals surface area (Å²) in [6, 6.07) is 10.2. The molecule has 0 atom stereocenters. The Morgan fingerprint density at radius 2 is 1.83 bits per heavy atom. The van der Waals surface area contributed by atoms with Gasteiger partial charge in [0.1, 0.15) is 11.6 Å². The molecular formula is C18H23N5O. The summed E-state index contributed by atoms with van der Waals surface area (Å²) >= 11 is 0. The fourth-order valence-electron chi connectivity index (χ4n) is 2.56. The Hall–Kier alpha value is -2.47. The molecule has 0 spiro atoms. The van der Waals surface area contributed by atoms with E-state index in [0.29, 0.717) is 5.82 Å². The summed E-state index contributed by atoms with van der Waals surface area (Å²) in [5.41, 5.74) is 6.30. The van der Waals surface area contributed by atoms with E-state index in [9.17, 15) is 0 Å². The number of hydrazone groups is 1. The highest BCUT2D eigenvalue weighted by Gasteiger charge is 2.14. The smallest absolute Gasteiger partial charge is 0.152 e. The second-order valence-corrected chi connectivity index (χ2v) is 5.93. The van der Waals surface area contributed by atoms with Gasteiger partial charge < -0.3 is 9.64 Å². The van der Waals surface area contributed by atoms with Crippen LogP contribution in [0, 0.1) is 13.8 Å². The van der Waals surface area contributed by atoms with Gasteiger partial charge in [-0.15, -0.1) is 0 Å². The third-order valence-corrected chi connectivity index (χ3v) is 3.97. The molecule has 1 aromatic carbocycles. The second kappa shape index (κ2) is 7.40. The molecule has 0 saturated carbocycles. The highest BCUT2D eigenvalue weighted by molar-refractivity contribution is 5.99. The number of anilines is 2. The first-order valence-corrected chi connectivity index (χ1v) is 8.17. The van der Waals surface area contributed by atoms with E-state index in [1.807, 2.05) is 19.9 Å². The maximum atomic E-state index is 5.40. The molecule has 1 fully saturated rings. The van der Waals surface area contributed by atoms with E-state index in [1.54, 1.807) is 0 Å². The maximum Gasteiger partial charge on any atom is 0.152 e. The standard InChI is InChI=1S/C18H23N5O/c1-13-4-6-16(7-5-13)14(2)21-22-17-12-18(20-15(3)19-17)23-8-10-24-11-9-23/h4-7,12H,8-11H2,1-3H3,(H,19,20,22)/b21-14+. The third kappa shape index (κ3) is 4.08. The van der Waals surface area contributed by atoms with Gasteiger partial charge in [0.25, 0.3) is 0 Å². The minimum Gasteiger partial charge on any atom is -0.378 e. The van der Waals surface area contributed by atoms with Crippen molar-refractivity contribution in [2.45, 2.75) is 20.8 Å². The van der Waals surface area contributed by atoms with Gasteiger partial charge in [0, 0.05) is 19.2 Å². The zero-order valence-corrected chi connectivity index (χ0v) is 14.4. The van der Waals surface area contributed by atoms with E-state index < -0.39 is 0 Å². The van der Waals surface area contributed by atoms with Crippen LogP contribution in [0.3, 0.4) is 0 Å². The molecule has 1 aliphatic rings. The topological polar surface area (TPSA) is 62.6 Å². The molecule has 0 radical (unpaired) electrons. The lowest BCUT2D eigenvalue weighted by molar-refractivity contribution is 0.122. The fourth-order valence-corrected chi connectivity index (χ4v) is 2.56. The van der Waals surface area contributed by atoms with Crippen molar-refractivity contribution in [1.29, 1.82) is 0 Å². The predicted molar refractivity (Wildman–Crippen MR) is 96.8 cm³/mol. The van der Waals surface area contributed by atoms with Gasteiger partial charge in [-0.1, -0.05) is 29.8 Å². The van der Waals surface area contributed by atoms with Crippen molar-refractivity contribution in [3.63, 3.8) is 0 Å². The van der Waals surface area contributed by atoms with Crippen molar-refractivity contribution in [2.75, 3.05) is 36.6 Å². The Balaban J connectivity index is 1.75. The third-order valence-electron chi connectivity index (χ3n) is 3.97. The summed E-state index contributed by atoms with van der Waals surface area (Å²) in [7, 11) is 0. The summed E-state index contributed by atoms with van der Waals surface area (Å²) in [6.45, 7) is 9.11. The van der Waals surface area contributed by atoms with Gasteiger partial charge in [-0.05, 0) is 26.3 Å². The first-order chi connectivity index (χ1) is 11.6. The molecule has 0 amide bonds. The van der Waals surface area contributed by atoms with E-state index >= 15 is 0 Å². The first-order valence-electron chi connectivity index (χ1n) is 8.17. The second-order valence-electron chi connectivity index (χ2n) is 5.93. The summed E-state index contributed by atoms with van der Waals surface area (Å²) in [6.07, 6.45) is 0. The number of hydrogen-bond acceptors (Lipinski definition) is 6. The zero-order chi connectivity index (χ0) is 16.9. The van der Waals surface area contributed by atoms with Gasteiger partial charge >= 0.3 is 0 Å². The van der Waals surface area contributed by atoms with Gasteiger partial charge in [0.05, 0.1) is 18.9 Å². The van der Waals surface area contributed by atoms with Crippen LogP contribution >= 0.6 is 0 Å². The first kappa shape index (κ1) is 16.4. The molecule has 24 heavy (non-hydrogen) atoms. The molecule has 126 valence electrons. The molecule has 2 aromatic rings. The minimum atomic E-state index is 0.704. The lowest BCUT2D eigenvalue weighted by Crippen LogP contribution is -2.36. The molecule has 1 saturated heterocycles. The van der Waals surface area contributed by atoms with Crippen LogP contribution in [0.1, 0.15) is 23.9 Å². The average molecular weight is 325 g/mol. The number of ether oxygens (including phenoxy) is 1. The number of morpholine rings is 1. The van der Waals surface area contributed by atoms with Crippen molar-refractivity contribution in [1.82, 2.24) is 9.97 Å². The maximum absolute atomic E-state index is 5.40. The van der Waals surface area contributed by atoms with Crippen LogP contribution in [0.5, 0.6) is 0 Å². The number of benzene rings is 1. The Labute approximate surface area is 142 Å². The quantitative estimate of drug-likeness (QED) is 0.692. The molecule has 2 heterocycles. The number of aromatic nitrogens is 2. The normalized spacial score (nSPS) is 15.5. The van der Waals surface area contributed by atoms with Crippen molar-refractivity contribution in [3.05, 3.63) is 47.3 Å². The van der Waals surface area contributed by atoms with Gasteiger partial charge in [-0.25, -0.2) is 9.97 Å². The largest absolute Gasteiger partial charge is 0.378 e. The molecule has 6 heteroatoms. The molecule has 1 aliphatic heterocycles. The van der Waals surface area contributed by atoms with Crippen LogP contribution in [0.2, 0.25) is 0 Å². The lowest BCUT2D eigenvalue weighted by atomic mass is 10.1. The molecule has 6 nitrogen and oxygen atoms in total. The zero-order valence-electron chi connectivity index (χ0n) is 14.4. The summed E-state index contributed by atoms with van der Waals surface area (Å²) in [5.74, 6) is 2.34. The summed E-state index contributed by atoms with van der Waals surface area (Å²) < 4.78 is 5.40. The van der Waals surface area contributed by atoms with Crippen LogP contribution in [-0.4, -0.2) is 42.0 Å². The monoisotopic (exact) mass is 325 g/mol. The molecular weight excluding hydrogens is 302 g/mol. The van der Waals surface area contributed by atoms with Crippen LogP contribution in [0.25, 0.3) is 0 Å². The van der Waals surface area contributed by atoms with E-state index in [1.165, 1.54) is 5.56 Å². The van der Waals surface area contributed by atoms with E-state index in [-0.39, 0.29) is 0 Å². The van der Waals surface area contributed by atoms with E-state index in [2.05, 4.69) is 56.6 Å². The van der Waals surface area contributed by atoms with Gasteiger partial charge in [0.2, 0.25) is 0 Å².